The molecule has 0 fully saturated rings. The maximum Gasteiger partial charge on any atom is 0.305 e. The van der Waals surface area contributed by atoms with Gasteiger partial charge in [0, 0.05) is 24.7 Å². The number of hydrogen-bond donors (Lipinski definition) is 5. The molecular weight excluding hydrogens is 499 g/mol. The number of esters is 1. The van der Waals surface area contributed by atoms with Crippen LogP contribution < -0.4 is 21.7 Å². The number of carbonyl (C=O) groups is 4. The third-order valence-corrected chi connectivity index (χ3v) is 4.91. The van der Waals surface area contributed by atoms with Crippen molar-refractivity contribution in [2.75, 3.05) is 26.2 Å². The molecule has 3 amide bonds. The molecule has 1 heterocycles. The Balaban J connectivity index is 0. The number of nitrogens with two attached hydrogens (primary N) is 1. The van der Waals surface area contributed by atoms with Crippen LogP contribution in [0.3, 0.4) is 0 Å². The number of rotatable bonds is 18. The minimum absolute atomic E-state index is 0. The van der Waals surface area contributed by atoms with E-state index in [2.05, 4.69) is 32.8 Å². The van der Waals surface area contributed by atoms with Crippen LogP contribution >= 0.6 is 24.8 Å². The quantitative estimate of drug-likeness (QED) is 0.138. The lowest BCUT2D eigenvalue weighted by molar-refractivity contribution is -0.144. The molecule has 0 unspecified atom stereocenters. The highest BCUT2D eigenvalue weighted by atomic mass is 35.5. The van der Waals surface area contributed by atoms with Crippen molar-refractivity contribution < 1.29 is 23.9 Å². The second-order valence-electron chi connectivity index (χ2n) is 7.76. The number of nitrogens with one attached hydrogen (secondary N) is 4. The molecule has 202 valence electrons. The van der Waals surface area contributed by atoms with Crippen LogP contribution in [0.1, 0.15) is 64.0 Å². The lowest BCUT2D eigenvalue weighted by atomic mass is 10.1. The molecular formula is C22H40Cl2N6O5. The maximum absolute atomic E-state index is 12.6. The van der Waals surface area contributed by atoms with Gasteiger partial charge in [-0.15, -0.1) is 24.8 Å². The molecule has 0 saturated carbocycles. The normalized spacial score (nSPS) is 10.8. The highest BCUT2D eigenvalue weighted by Gasteiger charge is 2.22. The minimum atomic E-state index is -0.892. The summed E-state index contributed by atoms with van der Waals surface area (Å²) in [5.41, 5.74) is 5.84. The van der Waals surface area contributed by atoms with Crippen LogP contribution in [-0.2, 0) is 30.3 Å². The van der Waals surface area contributed by atoms with Gasteiger partial charge in [0.2, 0.25) is 17.7 Å². The van der Waals surface area contributed by atoms with Crippen LogP contribution in [-0.4, -0.2) is 65.9 Å². The topological polar surface area (TPSA) is 168 Å². The molecule has 13 heteroatoms. The molecule has 0 aliphatic carbocycles. The van der Waals surface area contributed by atoms with Crippen LogP contribution in [0.4, 0.5) is 0 Å². The number of halogens is 2. The summed E-state index contributed by atoms with van der Waals surface area (Å²) in [4.78, 5) is 54.4. The standard InChI is InChI=1S/C22H38N6O5.2ClH/c1-2-3-4-5-6-7-8-9-21(31)33-11-10-25-22(32)18(12-17-14-24-16-27-17)28-20(30)15-26-19(29)13-23;;/h14,16,18H,2-13,15,23H2,1H3,(H,24,27)(H,25,32)(H,26,29)(H,28,30);2*1H/t18-;;/m0../s1. The summed E-state index contributed by atoms with van der Waals surface area (Å²) in [6, 6.07) is -0.892. The Bertz CT molecular complexity index is 721. The van der Waals surface area contributed by atoms with E-state index in [-0.39, 0.29) is 63.4 Å². The lowest BCUT2D eigenvalue weighted by Gasteiger charge is -2.18. The first-order valence-corrected chi connectivity index (χ1v) is 11.6. The molecule has 1 aromatic heterocycles. The lowest BCUT2D eigenvalue weighted by Crippen LogP contribution is -2.51. The number of imidazole rings is 1. The van der Waals surface area contributed by atoms with Crippen LogP contribution in [0.5, 0.6) is 0 Å². The Morgan fingerprint density at radius 2 is 1.71 bits per heavy atom. The number of unbranched alkanes of at least 4 members (excludes halogenated alkanes) is 6. The van der Waals surface area contributed by atoms with Gasteiger partial charge in [-0.3, -0.25) is 19.2 Å². The van der Waals surface area contributed by atoms with Gasteiger partial charge >= 0.3 is 5.97 Å². The van der Waals surface area contributed by atoms with E-state index in [1.165, 1.54) is 32.0 Å². The molecule has 35 heavy (non-hydrogen) atoms. The largest absolute Gasteiger partial charge is 0.464 e. The van der Waals surface area contributed by atoms with E-state index in [1.807, 2.05) is 0 Å². The van der Waals surface area contributed by atoms with Crippen LogP contribution in [0, 0.1) is 0 Å². The fourth-order valence-corrected chi connectivity index (χ4v) is 3.08. The molecule has 1 rings (SSSR count). The third-order valence-electron chi connectivity index (χ3n) is 4.91. The van der Waals surface area contributed by atoms with E-state index in [9.17, 15) is 19.2 Å². The first kappa shape index (κ1) is 34.8. The average Bonchev–Trinajstić information content (AvgIpc) is 3.32. The fourth-order valence-electron chi connectivity index (χ4n) is 3.08. The number of aromatic amines is 1. The Morgan fingerprint density at radius 3 is 2.34 bits per heavy atom. The van der Waals surface area contributed by atoms with Crippen molar-refractivity contribution in [2.45, 2.75) is 70.8 Å². The molecule has 1 aromatic rings. The highest BCUT2D eigenvalue weighted by molar-refractivity contribution is 5.90. The molecule has 0 spiro atoms. The summed E-state index contributed by atoms with van der Waals surface area (Å²) in [6.07, 6.45) is 11.4. The zero-order valence-corrected chi connectivity index (χ0v) is 21.9. The van der Waals surface area contributed by atoms with Crippen molar-refractivity contribution in [2.24, 2.45) is 5.73 Å². The monoisotopic (exact) mass is 538 g/mol. The van der Waals surface area contributed by atoms with Gasteiger partial charge in [-0.1, -0.05) is 45.4 Å². The van der Waals surface area contributed by atoms with Gasteiger partial charge in [0.15, 0.2) is 0 Å². The Hall–Kier alpha value is -2.37. The molecule has 0 radical (unpaired) electrons. The minimum Gasteiger partial charge on any atom is -0.464 e. The predicted octanol–water partition coefficient (Wildman–Crippen LogP) is 1.16. The molecule has 1 atom stereocenters. The number of ether oxygens (including phenoxy) is 1. The summed E-state index contributed by atoms with van der Waals surface area (Å²) in [7, 11) is 0. The number of amides is 3. The second kappa shape index (κ2) is 22.1. The average molecular weight is 540 g/mol. The Kier molecular flexibility index (Phi) is 22.0. The van der Waals surface area contributed by atoms with Crippen molar-refractivity contribution in [1.82, 2.24) is 25.9 Å². The first-order valence-electron chi connectivity index (χ1n) is 11.6. The van der Waals surface area contributed by atoms with Gasteiger partial charge in [0.05, 0.1) is 26.0 Å². The molecule has 11 nitrogen and oxygen atoms in total. The Labute approximate surface area is 219 Å². The summed E-state index contributed by atoms with van der Waals surface area (Å²) in [5.74, 6) is -1.72. The number of H-pyrrole nitrogens is 1. The van der Waals surface area contributed by atoms with E-state index >= 15 is 0 Å². The van der Waals surface area contributed by atoms with Crippen molar-refractivity contribution in [3.8, 4) is 0 Å². The van der Waals surface area contributed by atoms with Crippen molar-refractivity contribution >= 4 is 48.5 Å². The molecule has 6 N–H and O–H groups in total. The summed E-state index contributed by atoms with van der Waals surface area (Å²) < 4.78 is 5.17. The van der Waals surface area contributed by atoms with E-state index in [0.717, 1.165) is 19.3 Å². The fraction of sp³-hybridized carbons (Fsp3) is 0.682. The summed E-state index contributed by atoms with van der Waals surface area (Å²) in [5, 5.41) is 7.58. The van der Waals surface area contributed by atoms with E-state index in [0.29, 0.717) is 12.1 Å². The van der Waals surface area contributed by atoms with Gasteiger partial charge in [-0.2, -0.15) is 0 Å². The van der Waals surface area contributed by atoms with Crippen LogP contribution in [0.25, 0.3) is 0 Å². The zero-order chi connectivity index (χ0) is 24.3. The molecule has 0 bridgehead atoms. The number of nitrogens with zero attached hydrogens (tertiary/aromatic N) is 1. The second-order valence-corrected chi connectivity index (χ2v) is 7.76. The van der Waals surface area contributed by atoms with Crippen molar-refractivity contribution in [1.29, 1.82) is 0 Å². The van der Waals surface area contributed by atoms with Crippen molar-refractivity contribution in [3.63, 3.8) is 0 Å². The SMILES string of the molecule is CCCCCCCCCC(=O)OCCNC(=O)[C@H](Cc1cnc[nH]1)NC(=O)CNC(=O)CN.Cl.Cl. The van der Waals surface area contributed by atoms with E-state index in [4.69, 9.17) is 10.5 Å². The maximum atomic E-state index is 12.6. The summed E-state index contributed by atoms with van der Waals surface area (Å²) >= 11 is 0. The Morgan fingerprint density at radius 1 is 1.03 bits per heavy atom. The van der Waals surface area contributed by atoms with Gasteiger partial charge in [-0.05, 0) is 6.42 Å². The number of aromatic nitrogens is 2. The van der Waals surface area contributed by atoms with E-state index < -0.39 is 23.8 Å². The third kappa shape index (κ3) is 17.7. The number of carbonyl (C=O) groups excluding carboxylic acids is 4. The van der Waals surface area contributed by atoms with Gasteiger partial charge in [0.25, 0.3) is 0 Å². The first-order chi connectivity index (χ1) is 16.0. The van der Waals surface area contributed by atoms with Gasteiger partial charge in [0.1, 0.15) is 12.6 Å². The highest BCUT2D eigenvalue weighted by Crippen LogP contribution is 2.08. The summed E-state index contributed by atoms with van der Waals surface area (Å²) in [6.45, 7) is 1.83. The smallest absolute Gasteiger partial charge is 0.305 e. The predicted molar refractivity (Wildman–Crippen MR) is 137 cm³/mol. The molecule has 0 aliphatic heterocycles. The van der Waals surface area contributed by atoms with Gasteiger partial charge in [-0.25, -0.2) is 4.98 Å². The molecule has 0 saturated heterocycles. The van der Waals surface area contributed by atoms with Crippen molar-refractivity contribution in [3.05, 3.63) is 18.2 Å². The van der Waals surface area contributed by atoms with Gasteiger partial charge < -0.3 is 31.4 Å². The van der Waals surface area contributed by atoms with E-state index in [1.54, 1.807) is 6.20 Å². The van der Waals surface area contributed by atoms with Crippen LogP contribution in [0.2, 0.25) is 0 Å². The molecule has 0 aromatic carbocycles. The van der Waals surface area contributed by atoms with Crippen LogP contribution in [0.15, 0.2) is 12.5 Å². The molecule has 0 aliphatic rings. The number of hydrogen-bond acceptors (Lipinski definition) is 7. The zero-order valence-electron chi connectivity index (χ0n) is 20.3.